The molecule has 1 aromatic heterocycles. The van der Waals surface area contributed by atoms with Crippen LogP contribution in [0.4, 0.5) is 4.39 Å². The van der Waals surface area contributed by atoms with Crippen LogP contribution in [0.15, 0.2) is 33.9 Å². The number of aromatic nitrogens is 2. The number of hydrogen-bond acceptors (Lipinski definition) is 2. The van der Waals surface area contributed by atoms with Gasteiger partial charge in [0.1, 0.15) is 11.0 Å². The fraction of sp³-hybridized carbons (Fsp3) is 0.0909. The van der Waals surface area contributed by atoms with Crippen molar-refractivity contribution in [3.8, 4) is 11.1 Å². The van der Waals surface area contributed by atoms with Crippen molar-refractivity contribution >= 4 is 11.6 Å². The maximum absolute atomic E-state index is 13.6. The Labute approximate surface area is 100 Å². The molecule has 2 aromatic rings. The first-order chi connectivity index (χ1) is 8.02. The second-order valence-electron chi connectivity index (χ2n) is 3.46. The SMILES string of the molecule is Cn1c(=O)[nH]c(Cl)c(-c2ccccc2F)c1=O. The average Bonchev–Trinajstić information content (AvgIpc) is 2.29. The zero-order valence-corrected chi connectivity index (χ0v) is 9.58. The summed E-state index contributed by atoms with van der Waals surface area (Å²) in [5, 5.41) is -0.164. The molecule has 4 nitrogen and oxygen atoms in total. The molecule has 0 atom stereocenters. The van der Waals surface area contributed by atoms with E-state index in [-0.39, 0.29) is 16.3 Å². The molecule has 0 unspecified atom stereocenters. The molecule has 88 valence electrons. The summed E-state index contributed by atoms with van der Waals surface area (Å²) in [6.45, 7) is 0. The normalized spacial score (nSPS) is 10.5. The topological polar surface area (TPSA) is 54.9 Å². The third-order valence-corrected chi connectivity index (χ3v) is 2.69. The lowest BCUT2D eigenvalue weighted by Gasteiger charge is -2.06. The van der Waals surface area contributed by atoms with Gasteiger partial charge >= 0.3 is 5.69 Å². The monoisotopic (exact) mass is 254 g/mol. The van der Waals surface area contributed by atoms with Gasteiger partial charge in [0.2, 0.25) is 0 Å². The van der Waals surface area contributed by atoms with Gasteiger partial charge in [-0.3, -0.25) is 14.3 Å². The highest BCUT2D eigenvalue weighted by atomic mass is 35.5. The molecule has 1 heterocycles. The maximum atomic E-state index is 13.6. The molecule has 0 saturated heterocycles. The molecule has 1 aromatic carbocycles. The Hall–Kier alpha value is -1.88. The van der Waals surface area contributed by atoms with Crippen LogP contribution in [-0.2, 0) is 7.05 Å². The fourth-order valence-corrected chi connectivity index (χ4v) is 1.75. The first-order valence-electron chi connectivity index (χ1n) is 4.76. The Morgan fingerprint density at radius 1 is 1.29 bits per heavy atom. The molecule has 2 rings (SSSR count). The molecular formula is C11H8ClFN2O2. The van der Waals surface area contributed by atoms with Crippen LogP contribution in [-0.4, -0.2) is 9.55 Å². The molecule has 1 N–H and O–H groups in total. The second kappa shape index (κ2) is 4.18. The molecule has 0 aliphatic heterocycles. The number of nitrogens with one attached hydrogen (secondary N) is 1. The highest BCUT2D eigenvalue weighted by Gasteiger charge is 2.15. The van der Waals surface area contributed by atoms with Crippen molar-refractivity contribution in [3.63, 3.8) is 0 Å². The van der Waals surface area contributed by atoms with E-state index in [1.165, 1.54) is 25.2 Å². The minimum Gasteiger partial charge on any atom is -0.297 e. The first-order valence-corrected chi connectivity index (χ1v) is 5.14. The average molecular weight is 255 g/mol. The van der Waals surface area contributed by atoms with E-state index >= 15 is 0 Å². The van der Waals surface area contributed by atoms with Gasteiger partial charge in [0, 0.05) is 12.6 Å². The molecule has 17 heavy (non-hydrogen) atoms. The fourth-order valence-electron chi connectivity index (χ4n) is 1.49. The van der Waals surface area contributed by atoms with Crippen LogP contribution in [0.5, 0.6) is 0 Å². The zero-order chi connectivity index (χ0) is 12.6. The Morgan fingerprint density at radius 3 is 2.59 bits per heavy atom. The van der Waals surface area contributed by atoms with Crippen LogP contribution in [0.2, 0.25) is 5.15 Å². The summed E-state index contributed by atoms with van der Waals surface area (Å²) in [5.41, 5.74) is -1.26. The Balaban J connectivity index is 2.87. The number of H-pyrrole nitrogens is 1. The Kier molecular flexibility index (Phi) is 2.85. The summed E-state index contributed by atoms with van der Waals surface area (Å²) >= 11 is 5.78. The lowest BCUT2D eigenvalue weighted by molar-refractivity contribution is 0.630. The predicted octanol–water partition coefficient (Wildman–Crippen LogP) is 1.53. The van der Waals surface area contributed by atoms with Crippen LogP contribution in [0.25, 0.3) is 11.1 Å². The summed E-state index contributed by atoms with van der Waals surface area (Å²) in [5.74, 6) is -0.571. The van der Waals surface area contributed by atoms with Crippen molar-refractivity contribution in [2.45, 2.75) is 0 Å². The van der Waals surface area contributed by atoms with Crippen molar-refractivity contribution in [1.29, 1.82) is 0 Å². The number of nitrogens with zero attached hydrogens (tertiary/aromatic N) is 1. The van der Waals surface area contributed by atoms with E-state index in [1.54, 1.807) is 6.07 Å². The second-order valence-corrected chi connectivity index (χ2v) is 3.84. The summed E-state index contributed by atoms with van der Waals surface area (Å²) in [4.78, 5) is 25.4. The van der Waals surface area contributed by atoms with Gasteiger partial charge in [-0.05, 0) is 6.07 Å². The molecule has 0 bridgehead atoms. The van der Waals surface area contributed by atoms with Crippen LogP contribution >= 0.6 is 11.6 Å². The quantitative estimate of drug-likeness (QED) is 0.785. The summed E-state index contributed by atoms with van der Waals surface area (Å²) in [6.07, 6.45) is 0. The summed E-state index contributed by atoms with van der Waals surface area (Å²) in [7, 11) is 1.29. The van der Waals surface area contributed by atoms with E-state index in [4.69, 9.17) is 11.6 Å². The van der Waals surface area contributed by atoms with Crippen LogP contribution in [0.1, 0.15) is 0 Å². The van der Waals surface area contributed by atoms with Gasteiger partial charge in [0.05, 0.1) is 5.56 Å². The van der Waals surface area contributed by atoms with E-state index in [9.17, 15) is 14.0 Å². The van der Waals surface area contributed by atoms with Gasteiger partial charge < -0.3 is 0 Å². The van der Waals surface area contributed by atoms with E-state index in [1.807, 2.05) is 0 Å². The smallest absolute Gasteiger partial charge is 0.297 e. The van der Waals surface area contributed by atoms with E-state index < -0.39 is 17.1 Å². The molecule has 0 amide bonds. The predicted molar refractivity (Wildman–Crippen MR) is 62.7 cm³/mol. The van der Waals surface area contributed by atoms with Crippen molar-refractivity contribution in [2.24, 2.45) is 7.05 Å². The highest BCUT2D eigenvalue weighted by molar-refractivity contribution is 6.32. The van der Waals surface area contributed by atoms with Crippen molar-refractivity contribution in [3.05, 3.63) is 56.1 Å². The molecule has 0 spiro atoms. The Morgan fingerprint density at radius 2 is 1.94 bits per heavy atom. The van der Waals surface area contributed by atoms with E-state index in [0.717, 1.165) is 4.57 Å². The maximum Gasteiger partial charge on any atom is 0.329 e. The van der Waals surface area contributed by atoms with Gasteiger partial charge in [-0.2, -0.15) is 0 Å². The molecular weight excluding hydrogens is 247 g/mol. The van der Waals surface area contributed by atoms with Gasteiger partial charge in [-0.1, -0.05) is 29.8 Å². The van der Waals surface area contributed by atoms with Gasteiger partial charge in [-0.25, -0.2) is 9.18 Å². The molecule has 6 heteroatoms. The summed E-state index contributed by atoms with van der Waals surface area (Å²) in [6, 6.07) is 5.73. The van der Waals surface area contributed by atoms with Crippen molar-refractivity contribution in [2.75, 3.05) is 0 Å². The number of halogens is 2. The lowest BCUT2D eigenvalue weighted by atomic mass is 10.1. The molecule has 0 fully saturated rings. The van der Waals surface area contributed by atoms with Gasteiger partial charge in [0.25, 0.3) is 5.56 Å². The lowest BCUT2D eigenvalue weighted by Crippen LogP contribution is -2.33. The summed E-state index contributed by atoms with van der Waals surface area (Å²) < 4.78 is 14.4. The van der Waals surface area contributed by atoms with Crippen LogP contribution in [0.3, 0.4) is 0 Å². The van der Waals surface area contributed by atoms with E-state index in [0.29, 0.717) is 0 Å². The number of benzene rings is 1. The van der Waals surface area contributed by atoms with Gasteiger partial charge in [0.15, 0.2) is 0 Å². The minimum absolute atomic E-state index is 0.0492. The third kappa shape index (κ3) is 1.89. The Bertz CT molecular complexity index is 691. The molecule has 0 aliphatic carbocycles. The first kappa shape index (κ1) is 11.6. The van der Waals surface area contributed by atoms with Crippen molar-refractivity contribution in [1.82, 2.24) is 9.55 Å². The van der Waals surface area contributed by atoms with Crippen LogP contribution < -0.4 is 11.2 Å². The minimum atomic E-state index is -0.639. The number of rotatable bonds is 1. The number of aromatic amines is 1. The number of hydrogen-bond donors (Lipinski definition) is 1. The molecule has 0 saturated carbocycles. The van der Waals surface area contributed by atoms with Crippen LogP contribution in [0, 0.1) is 5.82 Å². The highest BCUT2D eigenvalue weighted by Crippen LogP contribution is 2.23. The third-order valence-electron chi connectivity index (χ3n) is 2.40. The molecule has 0 aliphatic rings. The van der Waals surface area contributed by atoms with E-state index in [2.05, 4.69) is 4.98 Å². The zero-order valence-electron chi connectivity index (χ0n) is 8.83. The van der Waals surface area contributed by atoms with Crippen molar-refractivity contribution < 1.29 is 4.39 Å². The largest absolute Gasteiger partial charge is 0.329 e. The standard InChI is InChI=1S/C11H8ClFN2O2/c1-15-10(16)8(9(12)14-11(15)17)6-4-2-3-5-7(6)13/h2-5H,1H3,(H,14,17). The molecule has 0 radical (unpaired) electrons. The van der Waals surface area contributed by atoms with Gasteiger partial charge in [-0.15, -0.1) is 0 Å².